The van der Waals surface area contributed by atoms with Gasteiger partial charge in [-0.25, -0.2) is 0 Å². The van der Waals surface area contributed by atoms with Gasteiger partial charge in [-0.15, -0.1) is 0 Å². The first-order valence-electron chi connectivity index (χ1n) is 6.31. The summed E-state index contributed by atoms with van der Waals surface area (Å²) in [6.07, 6.45) is 4.49. The Balaban J connectivity index is 2.39. The minimum absolute atomic E-state index is 0.104. The highest BCUT2D eigenvalue weighted by atomic mass is 32.2. The molecule has 4 nitrogen and oxygen atoms in total. The molecule has 1 fully saturated rings. The number of carbonyl (C=O) groups is 1. The van der Waals surface area contributed by atoms with Crippen molar-refractivity contribution < 1.29 is 9.90 Å². The number of hydrogen-bond acceptors (Lipinski definition) is 4. The van der Waals surface area contributed by atoms with E-state index in [1.54, 1.807) is 11.8 Å². The Morgan fingerprint density at radius 1 is 1.65 bits per heavy atom. The molecule has 1 heterocycles. The van der Waals surface area contributed by atoms with Crippen LogP contribution in [-0.2, 0) is 4.79 Å². The predicted octanol–water partition coefficient (Wildman–Crippen LogP) is 0.605. The molecule has 17 heavy (non-hydrogen) atoms. The van der Waals surface area contributed by atoms with Crippen LogP contribution in [0.3, 0.4) is 0 Å². The number of rotatable bonds is 6. The molecule has 1 rings (SSSR count). The van der Waals surface area contributed by atoms with E-state index in [4.69, 9.17) is 5.11 Å². The number of hydrogen-bond donors (Lipinski definition) is 3. The number of nitrogens with one attached hydrogen (secondary N) is 2. The van der Waals surface area contributed by atoms with Crippen molar-refractivity contribution in [3.8, 4) is 0 Å². The van der Waals surface area contributed by atoms with Gasteiger partial charge in [0, 0.05) is 30.4 Å². The third kappa shape index (κ3) is 5.27. The fourth-order valence-electron chi connectivity index (χ4n) is 2.24. The van der Waals surface area contributed by atoms with Gasteiger partial charge in [-0.3, -0.25) is 4.79 Å². The highest BCUT2D eigenvalue weighted by Crippen LogP contribution is 2.16. The normalized spacial score (nSPS) is 26.5. The van der Waals surface area contributed by atoms with Crippen molar-refractivity contribution in [2.45, 2.75) is 38.3 Å². The van der Waals surface area contributed by atoms with Crippen LogP contribution in [0.1, 0.15) is 26.2 Å². The van der Waals surface area contributed by atoms with Crippen molar-refractivity contribution in [2.75, 3.05) is 25.2 Å². The van der Waals surface area contributed by atoms with E-state index in [-0.39, 0.29) is 24.5 Å². The molecular formula is C12H24N2O2S. The molecule has 1 saturated heterocycles. The number of amides is 1. The van der Waals surface area contributed by atoms with E-state index in [2.05, 4.69) is 17.6 Å². The van der Waals surface area contributed by atoms with E-state index in [9.17, 15) is 4.79 Å². The second kappa shape index (κ2) is 7.95. The molecule has 1 unspecified atom stereocenters. The molecular weight excluding hydrogens is 236 g/mol. The smallest absolute Gasteiger partial charge is 0.223 e. The molecule has 3 atom stereocenters. The van der Waals surface area contributed by atoms with Gasteiger partial charge in [-0.2, -0.15) is 11.8 Å². The summed E-state index contributed by atoms with van der Waals surface area (Å²) in [5, 5.41) is 15.4. The quantitative estimate of drug-likeness (QED) is 0.655. The zero-order valence-corrected chi connectivity index (χ0v) is 11.6. The summed E-state index contributed by atoms with van der Waals surface area (Å²) in [7, 11) is 0. The Morgan fingerprint density at radius 2 is 2.41 bits per heavy atom. The fourth-order valence-corrected chi connectivity index (χ4v) is 2.90. The van der Waals surface area contributed by atoms with Crippen LogP contribution in [0.5, 0.6) is 0 Å². The molecule has 0 aromatic rings. The van der Waals surface area contributed by atoms with E-state index in [1.165, 1.54) is 0 Å². The number of thioether (sulfide) groups is 1. The maximum atomic E-state index is 12.1. The van der Waals surface area contributed by atoms with E-state index >= 15 is 0 Å². The summed E-state index contributed by atoms with van der Waals surface area (Å²) < 4.78 is 0. The second-order valence-corrected chi connectivity index (χ2v) is 5.66. The third-order valence-corrected chi connectivity index (χ3v) is 3.92. The zero-order valence-electron chi connectivity index (χ0n) is 10.7. The van der Waals surface area contributed by atoms with Crippen molar-refractivity contribution in [3.63, 3.8) is 0 Å². The molecule has 5 heteroatoms. The number of carbonyl (C=O) groups excluding carboxylic acids is 1. The van der Waals surface area contributed by atoms with Crippen LogP contribution in [0.25, 0.3) is 0 Å². The van der Waals surface area contributed by atoms with Crippen LogP contribution in [0, 0.1) is 5.92 Å². The lowest BCUT2D eigenvalue weighted by atomic mass is 9.92. The van der Waals surface area contributed by atoms with E-state index in [0.29, 0.717) is 12.5 Å². The number of aliphatic hydroxyl groups is 1. The molecule has 1 aliphatic heterocycles. The van der Waals surface area contributed by atoms with Gasteiger partial charge in [0.05, 0.1) is 0 Å². The minimum Gasteiger partial charge on any atom is -0.396 e. The number of aliphatic hydroxyl groups excluding tert-OH is 1. The largest absolute Gasteiger partial charge is 0.396 e. The summed E-state index contributed by atoms with van der Waals surface area (Å²) in [5.41, 5.74) is 0. The lowest BCUT2D eigenvalue weighted by Gasteiger charge is -2.28. The molecule has 0 bridgehead atoms. The van der Waals surface area contributed by atoms with Crippen LogP contribution in [0.2, 0.25) is 0 Å². The van der Waals surface area contributed by atoms with Crippen LogP contribution in [-0.4, -0.2) is 48.3 Å². The standard InChI is InChI=1S/C12H24N2O2S/c1-9-7-10(3-5-13-9)12(16)14-11(4-6-15)8-17-2/h9-11,13,15H,3-8H2,1-2H3,(H,14,16)/t9-,10-,11?/m0/s1. The van der Waals surface area contributed by atoms with Crippen LogP contribution in [0.15, 0.2) is 0 Å². The molecule has 3 N–H and O–H groups in total. The lowest BCUT2D eigenvalue weighted by molar-refractivity contribution is -0.126. The molecule has 1 aliphatic rings. The van der Waals surface area contributed by atoms with Gasteiger partial charge >= 0.3 is 0 Å². The van der Waals surface area contributed by atoms with Gasteiger partial charge in [0.15, 0.2) is 0 Å². The van der Waals surface area contributed by atoms with Gasteiger partial charge in [-0.05, 0) is 39.0 Å². The minimum atomic E-state index is 0.104. The molecule has 100 valence electrons. The lowest BCUT2D eigenvalue weighted by Crippen LogP contribution is -2.46. The van der Waals surface area contributed by atoms with Gasteiger partial charge in [0.1, 0.15) is 0 Å². The van der Waals surface area contributed by atoms with Crippen molar-refractivity contribution >= 4 is 17.7 Å². The van der Waals surface area contributed by atoms with Crippen LogP contribution < -0.4 is 10.6 Å². The predicted molar refractivity (Wildman–Crippen MR) is 72.2 cm³/mol. The zero-order chi connectivity index (χ0) is 12.7. The first-order chi connectivity index (χ1) is 8.17. The monoisotopic (exact) mass is 260 g/mol. The SMILES string of the molecule is CSCC(CCO)NC(=O)[C@H]1CCN[C@@H](C)C1. The first kappa shape index (κ1) is 14.8. The van der Waals surface area contributed by atoms with Crippen molar-refractivity contribution in [3.05, 3.63) is 0 Å². The molecule has 0 spiro atoms. The Hall–Kier alpha value is -0.260. The molecule has 0 saturated carbocycles. The first-order valence-corrected chi connectivity index (χ1v) is 7.70. The summed E-state index contributed by atoms with van der Waals surface area (Å²) in [5.74, 6) is 1.16. The van der Waals surface area contributed by atoms with Gasteiger partial charge < -0.3 is 15.7 Å². The summed E-state index contributed by atoms with van der Waals surface area (Å²) in [6, 6.07) is 0.532. The summed E-state index contributed by atoms with van der Waals surface area (Å²) in [6.45, 7) is 3.17. The second-order valence-electron chi connectivity index (χ2n) is 4.75. The average molecular weight is 260 g/mol. The Kier molecular flexibility index (Phi) is 6.92. The third-order valence-electron chi connectivity index (χ3n) is 3.19. The highest BCUT2D eigenvalue weighted by Gasteiger charge is 2.25. The van der Waals surface area contributed by atoms with Crippen molar-refractivity contribution in [1.29, 1.82) is 0 Å². The summed E-state index contributed by atoms with van der Waals surface area (Å²) in [4.78, 5) is 12.1. The Labute approximate surface area is 108 Å². The van der Waals surface area contributed by atoms with E-state index < -0.39 is 0 Å². The fraction of sp³-hybridized carbons (Fsp3) is 0.917. The number of piperidine rings is 1. The Bertz CT molecular complexity index is 233. The van der Waals surface area contributed by atoms with Crippen molar-refractivity contribution in [1.82, 2.24) is 10.6 Å². The van der Waals surface area contributed by atoms with Crippen molar-refractivity contribution in [2.24, 2.45) is 5.92 Å². The van der Waals surface area contributed by atoms with Gasteiger partial charge in [0.2, 0.25) is 5.91 Å². The van der Waals surface area contributed by atoms with E-state index in [1.807, 2.05) is 6.26 Å². The molecule has 1 amide bonds. The van der Waals surface area contributed by atoms with Crippen LogP contribution >= 0.6 is 11.8 Å². The van der Waals surface area contributed by atoms with E-state index in [0.717, 1.165) is 25.1 Å². The topological polar surface area (TPSA) is 61.4 Å². The van der Waals surface area contributed by atoms with Gasteiger partial charge in [-0.1, -0.05) is 0 Å². The molecule has 0 radical (unpaired) electrons. The summed E-state index contributed by atoms with van der Waals surface area (Å²) >= 11 is 1.70. The average Bonchev–Trinajstić information content (AvgIpc) is 2.29. The highest BCUT2D eigenvalue weighted by molar-refractivity contribution is 7.98. The molecule has 0 aliphatic carbocycles. The molecule has 0 aromatic heterocycles. The van der Waals surface area contributed by atoms with Crippen LogP contribution in [0.4, 0.5) is 0 Å². The Morgan fingerprint density at radius 3 is 3.00 bits per heavy atom. The molecule has 0 aromatic carbocycles. The maximum Gasteiger partial charge on any atom is 0.223 e. The van der Waals surface area contributed by atoms with Gasteiger partial charge in [0.25, 0.3) is 0 Å². The maximum absolute atomic E-state index is 12.1.